The van der Waals surface area contributed by atoms with Gasteiger partial charge in [-0.15, -0.1) is 0 Å². The molecule has 0 radical (unpaired) electrons. The molecular weight excluding hydrogens is 242 g/mol. The maximum atomic E-state index is 5.83. The van der Waals surface area contributed by atoms with Gasteiger partial charge in [0.2, 0.25) is 0 Å². The average Bonchev–Trinajstić information content (AvgIpc) is 2.88. The molecule has 2 rings (SSSR count). The Labute approximate surface area is 114 Å². The van der Waals surface area contributed by atoms with E-state index in [2.05, 4.69) is 36.2 Å². The molecule has 0 saturated carbocycles. The molecule has 1 atom stereocenters. The number of nitrogens with two attached hydrogens (primary N) is 1. The van der Waals surface area contributed by atoms with E-state index >= 15 is 0 Å². The van der Waals surface area contributed by atoms with Gasteiger partial charge in [-0.1, -0.05) is 0 Å². The van der Waals surface area contributed by atoms with Crippen molar-refractivity contribution in [2.75, 3.05) is 26.3 Å². The average molecular weight is 267 g/mol. The van der Waals surface area contributed by atoms with Crippen molar-refractivity contribution >= 4 is 0 Å². The van der Waals surface area contributed by atoms with Crippen LogP contribution in [0.1, 0.15) is 32.5 Å². The van der Waals surface area contributed by atoms with Crippen molar-refractivity contribution < 1.29 is 4.74 Å². The Balaban J connectivity index is 2.24. The molecular formula is C13H25N5O. The number of nitrogens with zero attached hydrogens (tertiary/aromatic N) is 3. The molecule has 6 nitrogen and oxygen atoms in total. The molecule has 1 aliphatic rings. The minimum Gasteiger partial charge on any atom is -0.379 e. The molecule has 19 heavy (non-hydrogen) atoms. The Morgan fingerprint density at radius 1 is 1.47 bits per heavy atom. The highest BCUT2D eigenvalue weighted by Gasteiger charge is 2.38. The minimum absolute atomic E-state index is 0.0352. The number of aromatic nitrogens is 2. The van der Waals surface area contributed by atoms with E-state index in [1.165, 1.54) is 0 Å². The maximum Gasteiger partial charge on any atom is 0.0807 e. The van der Waals surface area contributed by atoms with Gasteiger partial charge in [-0.05, 0) is 26.8 Å². The molecule has 1 aromatic rings. The van der Waals surface area contributed by atoms with Crippen LogP contribution in [0, 0.1) is 0 Å². The van der Waals surface area contributed by atoms with Crippen LogP contribution in [0.3, 0.4) is 0 Å². The molecule has 1 aromatic heterocycles. The van der Waals surface area contributed by atoms with Crippen molar-refractivity contribution in [2.24, 2.45) is 5.84 Å². The van der Waals surface area contributed by atoms with E-state index in [0.29, 0.717) is 0 Å². The first-order valence-corrected chi connectivity index (χ1v) is 6.92. The van der Waals surface area contributed by atoms with Gasteiger partial charge in [-0.2, -0.15) is 5.10 Å². The van der Waals surface area contributed by atoms with Gasteiger partial charge in [0.1, 0.15) is 0 Å². The van der Waals surface area contributed by atoms with Crippen molar-refractivity contribution in [3.8, 4) is 0 Å². The lowest BCUT2D eigenvalue weighted by molar-refractivity contribution is -0.0249. The summed E-state index contributed by atoms with van der Waals surface area (Å²) < 4.78 is 7.43. The van der Waals surface area contributed by atoms with Crippen LogP contribution in [0.15, 0.2) is 12.3 Å². The van der Waals surface area contributed by atoms with E-state index in [-0.39, 0.29) is 11.6 Å². The molecule has 0 amide bonds. The maximum absolute atomic E-state index is 5.83. The first-order valence-electron chi connectivity index (χ1n) is 6.92. The predicted octanol–water partition coefficient (Wildman–Crippen LogP) is 0.518. The second-order valence-corrected chi connectivity index (χ2v) is 5.42. The molecule has 1 fully saturated rings. The highest BCUT2D eigenvalue weighted by molar-refractivity contribution is 5.13. The number of hydrazine groups is 1. The van der Waals surface area contributed by atoms with Crippen molar-refractivity contribution in [3.05, 3.63) is 18.0 Å². The number of ether oxygens (including phenoxy) is 1. The summed E-state index contributed by atoms with van der Waals surface area (Å²) in [4.78, 5) is 2.42. The molecule has 108 valence electrons. The zero-order chi connectivity index (χ0) is 13.9. The smallest absolute Gasteiger partial charge is 0.0807 e. The molecule has 3 N–H and O–H groups in total. The van der Waals surface area contributed by atoms with Gasteiger partial charge < -0.3 is 4.74 Å². The highest BCUT2D eigenvalue weighted by Crippen LogP contribution is 2.31. The first kappa shape index (κ1) is 14.5. The summed E-state index contributed by atoms with van der Waals surface area (Å²) in [7, 11) is 0. The predicted molar refractivity (Wildman–Crippen MR) is 74.4 cm³/mol. The van der Waals surface area contributed by atoms with E-state index in [1.807, 2.05) is 16.9 Å². The molecule has 1 saturated heterocycles. The quantitative estimate of drug-likeness (QED) is 0.601. The largest absolute Gasteiger partial charge is 0.379 e. The van der Waals surface area contributed by atoms with Crippen molar-refractivity contribution in [3.63, 3.8) is 0 Å². The van der Waals surface area contributed by atoms with Gasteiger partial charge in [0.25, 0.3) is 0 Å². The minimum atomic E-state index is -0.0918. The summed E-state index contributed by atoms with van der Waals surface area (Å²) in [6, 6.07) is 2.07. The number of nitrogens with one attached hydrogen (secondary N) is 1. The third-order valence-corrected chi connectivity index (χ3v) is 4.04. The van der Waals surface area contributed by atoms with Gasteiger partial charge in [0, 0.05) is 31.4 Å². The van der Waals surface area contributed by atoms with Crippen LogP contribution < -0.4 is 11.3 Å². The fourth-order valence-electron chi connectivity index (χ4n) is 2.83. The van der Waals surface area contributed by atoms with Crippen LogP contribution in [0.4, 0.5) is 0 Å². The van der Waals surface area contributed by atoms with Crippen molar-refractivity contribution in [1.29, 1.82) is 0 Å². The Hall–Kier alpha value is -0.950. The van der Waals surface area contributed by atoms with E-state index < -0.39 is 0 Å². The number of hydrogen-bond acceptors (Lipinski definition) is 5. The Morgan fingerprint density at radius 2 is 2.16 bits per heavy atom. The van der Waals surface area contributed by atoms with Gasteiger partial charge in [0.05, 0.1) is 24.9 Å². The van der Waals surface area contributed by atoms with Gasteiger partial charge in [-0.3, -0.25) is 15.4 Å². The fraction of sp³-hybridized carbons (Fsp3) is 0.769. The summed E-state index contributed by atoms with van der Waals surface area (Å²) in [6.07, 6.45) is 1.83. The molecule has 0 aromatic carbocycles. The second kappa shape index (κ2) is 6.00. The van der Waals surface area contributed by atoms with Crippen LogP contribution in [-0.2, 0) is 11.3 Å². The lowest BCUT2D eigenvalue weighted by Gasteiger charge is -2.45. The van der Waals surface area contributed by atoms with Crippen LogP contribution >= 0.6 is 0 Å². The lowest BCUT2D eigenvalue weighted by Crippen LogP contribution is -2.57. The Bertz CT molecular complexity index is 397. The molecule has 0 bridgehead atoms. The zero-order valence-electron chi connectivity index (χ0n) is 12.1. The summed E-state index contributed by atoms with van der Waals surface area (Å²) >= 11 is 0. The molecule has 2 heterocycles. The van der Waals surface area contributed by atoms with E-state index in [0.717, 1.165) is 38.5 Å². The van der Waals surface area contributed by atoms with Gasteiger partial charge >= 0.3 is 0 Å². The first-order chi connectivity index (χ1) is 9.11. The number of rotatable bonds is 5. The third kappa shape index (κ3) is 2.81. The number of aryl methyl sites for hydroxylation is 1. The third-order valence-electron chi connectivity index (χ3n) is 4.04. The lowest BCUT2D eigenvalue weighted by atomic mass is 9.89. The Morgan fingerprint density at radius 3 is 2.74 bits per heavy atom. The summed E-state index contributed by atoms with van der Waals surface area (Å²) in [6.45, 7) is 10.8. The van der Waals surface area contributed by atoms with Gasteiger partial charge in [0.15, 0.2) is 0 Å². The van der Waals surface area contributed by atoms with Crippen LogP contribution in [-0.4, -0.2) is 46.5 Å². The van der Waals surface area contributed by atoms with Crippen LogP contribution in [0.25, 0.3) is 0 Å². The van der Waals surface area contributed by atoms with Gasteiger partial charge in [-0.25, -0.2) is 5.43 Å². The normalized spacial score (nSPS) is 19.6. The molecule has 0 spiro atoms. The summed E-state index contributed by atoms with van der Waals surface area (Å²) in [5, 5.41) is 4.34. The van der Waals surface area contributed by atoms with E-state index in [9.17, 15) is 0 Å². The standard InChI is InChI=1S/C13H25N5O/c1-4-18-11(5-6-15-18)12(16-14)13(2,3)17-7-9-19-10-8-17/h5-6,12,16H,4,7-10,14H2,1-3H3. The molecule has 1 aliphatic heterocycles. The van der Waals surface area contributed by atoms with Crippen molar-refractivity contribution in [2.45, 2.75) is 38.9 Å². The zero-order valence-corrected chi connectivity index (χ0v) is 12.1. The summed E-state index contributed by atoms with van der Waals surface area (Å²) in [5.41, 5.74) is 4.01. The van der Waals surface area contributed by atoms with Crippen molar-refractivity contribution in [1.82, 2.24) is 20.1 Å². The molecule has 1 unspecified atom stereocenters. The highest BCUT2D eigenvalue weighted by atomic mass is 16.5. The number of hydrogen-bond donors (Lipinski definition) is 2. The number of morpholine rings is 1. The van der Waals surface area contributed by atoms with Crippen LogP contribution in [0.5, 0.6) is 0 Å². The molecule has 6 heteroatoms. The fourth-order valence-corrected chi connectivity index (χ4v) is 2.83. The second-order valence-electron chi connectivity index (χ2n) is 5.42. The summed E-state index contributed by atoms with van der Waals surface area (Å²) in [5.74, 6) is 5.83. The molecule has 0 aliphatic carbocycles. The van der Waals surface area contributed by atoms with E-state index in [1.54, 1.807) is 0 Å². The SMILES string of the molecule is CCn1nccc1C(NN)C(C)(C)N1CCOCC1. The van der Waals surface area contributed by atoms with Crippen LogP contribution in [0.2, 0.25) is 0 Å². The topological polar surface area (TPSA) is 68.3 Å². The monoisotopic (exact) mass is 267 g/mol. The Kier molecular flexibility index (Phi) is 4.57. The van der Waals surface area contributed by atoms with E-state index in [4.69, 9.17) is 10.6 Å².